The zero-order valence-electron chi connectivity index (χ0n) is 35.5. The second-order valence-electron chi connectivity index (χ2n) is 13.9. The van der Waals surface area contributed by atoms with E-state index >= 15 is 0 Å². The molecule has 0 amide bonds. The van der Waals surface area contributed by atoms with Crippen LogP contribution in [0.5, 0.6) is 0 Å². The van der Waals surface area contributed by atoms with E-state index in [4.69, 9.17) is 47.4 Å². The van der Waals surface area contributed by atoms with Crippen molar-refractivity contribution in [2.45, 2.75) is 39.5 Å². The van der Waals surface area contributed by atoms with Crippen molar-refractivity contribution in [1.82, 2.24) is 9.80 Å². The van der Waals surface area contributed by atoms with Gasteiger partial charge in [0.05, 0.1) is 76.5 Å². The normalized spacial score (nSPS) is 15.8. The molecule has 0 unspecified atom stereocenters. The fraction of sp³-hybridized carbons (Fsp3) is 0.667. The van der Waals surface area contributed by atoms with Crippen molar-refractivity contribution < 1.29 is 76.1 Å². The molecule has 0 atom stereocenters. The number of hydrogen-bond acceptors (Lipinski definition) is 18. The molecule has 1 fully saturated rings. The minimum absolute atomic E-state index is 0.0685. The Morgan fingerprint density at radius 1 is 0.450 bits per heavy atom. The Hall–Kier alpha value is -4.46. The van der Waals surface area contributed by atoms with Gasteiger partial charge in [0.15, 0.2) is 0 Å². The van der Waals surface area contributed by atoms with Crippen molar-refractivity contribution in [2.24, 2.45) is 10.8 Å². The zero-order chi connectivity index (χ0) is 44.5. The molecule has 1 aliphatic heterocycles. The topological polar surface area (TPSA) is 201 Å². The molecule has 1 rings (SSSR count). The van der Waals surface area contributed by atoms with Crippen molar-refractivity contribution in [3.8, 4) is 0 Å². The molecular formula is C42H66N2O16. The predicted molar refractivity (Wildman–Crippen MR) is 217 cm³/mol. The van der Waals surface area contributed by atoms with Gasteiger partial charge in [0.25, 0.3) is 0 Å². The lowest BCUT2D eigenvalue weighted by atomic mass is 9.88. The third-order valence-corrected chi connectivity index (χ3v) is 9.54. The summed E-state index contributed by atoms with van der Waals surface area (Å²) in [5.41, 5.74) is -1.90. The maximum atomic E-state index is 12.9. The monoisotopic (exact) mass is 854 g/mol. The Bertz CT molecular complexity index is 1190. The molecule has 60 heavy (non-hydrogen) atoms. The minimum atomic E-state index is -0.951. The lowest BCUT2D eigenvalue weighted by Gasteiger charge is -2.31. The summed E-state index contributed by atoms with van der Waals surface area (Å²) in [6, 6.07) is 0. The maximum Gasteiger partial charge on any atom is 0.330 e. The average molecular weight is 855 g/mol. The van der Waals surface area contributed by atoms with E-state index in [1.165, 1.54) is 0 Å². The van der Waals surface area contributed by atoms with E-state index in [2.05, 4.69) is 26.3 Å². The van der Waals surface area contributed by atoms with E-state index < -0.39 is 46.6 Å². The van der Waals surface area contributed by atoms with Crippen LogP contribution in [0.2, 0.25) is 0 Å². The summed E-state index contributed by atoms with van der Waals surface area (Å²) >= 11 is 0. The highest BCUT2D eigenvalue weighted by Gasteiger charge is 2.35. The van der Waals surface area contributed by atoms with Gasteiger partial charge in [0, 0.05) is 63.6 Å². The van der Waals surface area contributed by atoms with E-state index in [9.17, 15) is 28.8 Å². The van der Waals surface area contributed by atoms with Crippen LogP contribution in [-0.2, 0) is 76.1 Å². The molecule has 18 heteroatoms. The first-order valence-electron chi connectivity index (χ1n) is 20.1. The van der Waals surface area contributed by atoms with Gasteiger partial charge in [-0.05, 0) is 12.8 Å². The first kappa shape index (κ1) is 53.6. The molecule has 0 radical (unpaired) electrons. The first-order valence-corrected chi connectivity index (χ1v) is 20.1. The molecule has 1 heterocycles. The molecule has 0 saturated carbocycles. The molecule has 1 saturated heterocycles. The third-order valence-electron chi connectivity index (χ3n) is 9.54. The van der Waals surface area contributed by atoms with Crippen LogP contribution in [-0.4, -0.2) is 177 Å². The molecule has 0 spiro atoms. The van der Waals surface area contributed by atoms with Gasteiger partial charge in [0.2, 0.25) is 0 Å². The quantitative estimate of drug-likeness (QED) is 0.0777. The fourth-order valence-electron chi connectivity index (χ4n) is 5.19. The molecule has 0 N–H and O–H groups in total. The SMILES string of the molecule is C=CC(=O)OCC(CC)(COC(=O)C=C)COC(=O)CCN1CCOCCOCCN(CCC(=O)OCC(CC)(COC(=O)C=C)COC(=O)C=C)CCOCCOCC1. The Morgan fingerprint density at radius 3 is 0.933 bits per heavy atom. The van der Waals surface area contributed by atoms with E-state index in [0.717, 1.165) is 24.3 Å². The Morgan fingerprint density at radius 2 is 0.700 bits per heavy atom. The summed E-state index contributed by atoms with van der Waals surface area (Å²) < 4.78 is 55.2. The highest BCUT2D eigenvalue weighted by Crippen LogP contribution is 2.26. The van der Waals surface area contributed by atoms with Crippen LogP contribution >= 0.6 is 0 Å². The molecule has 18 nitrogen and oxygen atoms in total. The van der Waals surface area contributed by atoms with E-state index in [1.54, 1.807) is 0 Å². The van der Waals surface area contributed by atoms with Gasteiger partial charge in [-0.1, -0.05) is 40.2 Å². The van der Waals surface area contributed by atoms with Gasteiger partial charge in [-0.3, -0.25) is 19.4 Å². The van der Waals surface area contributed by atoms with Crippen LogP contribution in [0.15, 0.2) is 50.6 Å². The molecule has 0 bridgehead atoms. The molecular weight excluding hydrogens is 788 g/mol. The van der Waals surface area contributed by atoms with Crippen molar-refractivity contribution in [3.63, 3.8) is 0 Å². The summed E-state index contributed by atoms with van der Waals surface area (Å²) in [6.07, 6.45) is 5.00. The minimum Gasteiger partial charge on any atom is -0.465 e. The van der Waals surface area contributed by atoms with Gasteiger partial charge in [-0.2, -0.15) is 0 Å². The zero-order valence-corrected chi connectivity index (χ0v) is 35.5. The van der Waals surface area contributed by atoms with Gasteiger partial charge in [-0.25, -0.2) is 19.2 Å². The summed E-state index contributed by atoms with van der Waals surface area (Å²) in [6.45, 7) is 22.0. The molecule has 0 aromatic rings. The van der Waals surface area contributed by atoms with Gasteiger partial charge in [-0.15, -0.1) is 0 Å². The molecule has 340 valence electrons. The van der Waals surface area contributed by atoms with Crippen LogP contribution in [0.25, 0.3) is 0 Å². The first-order chi connectivity index (χ1) is 28.9. The summed E-state index contributed by atoms with van der Waals surface area (Å²) in [5.74, 6) is -3.55. The molecule has 0 aromatic carbocycles. The third kappa shape index (κ3) is 24.6. The fourth-order valence-corrected chi connectivity index (χ4v) is 5.19. The van der Waals surface area contributed by atoms with Crippen LogP contribution in [0.4, 0.5) is 0 Å². The maximum absolute atomic E-state index is 12.9. The number of carbonyl (C=O) groups is 6. The predicted octanol–water partition coefficient (Wildman–Crippen LogP) is 2.25. The van der Waals surface area contributed by atoms with Crippen molar-refractivity contribution >= 4 is 35.8 Å². The number of hydrogen-bond donors (Lipinski definition) is 0. The van der Waals surface area contributed by atoms with Crippen LogP contribution in [0, 0.1) is 10.8 Å². The van der Waals surface area contributed by atoms with Gasteiger partial charge < -0.3 is 47.4 Å². The summed E-state index contributed by atoms with van der Waals surface area (Å²) in [4.78, 5) is 76.7. The second kappa shape index (κ2) is 32.3. The van der Waals surface area contributed by atoms with Gasteiger partial charge >= 0.3 is 35.8 Å². The average Bonchev–Trinajstić information content (AvgIpc) is 3.27. The molecule has 0 aromatic heterocycles. The highest BCUT2D eigenvalue weighted by molar-refractivity contribution is 5.82. The second-order valence-corrected chi connectivity index (χ2v) is 13.9. The van der Waals surface area contributed by atoms with E-state index in [1.807, 2.05) is 23.6 Å². The summed E-state index contributed by atoms with van der Waals surface area (Å²) in [5, 5.41) is 0. The largest absolute Gasteiger partial charge is 0.465 e. The Balaban J connectivity index is 2.64. The standard InChI is InChI=1S/C42H66N2O16/c1-7-35(45)55-29-41(11-5,30-56-36(46)8-2)33-59-39(49)13-15-43-17-21-51-25-27-53-23-19-44(20-24-54-28-26-52-22-18-43)16-14-40(50)60-34-42(12-6,31-57-37(47)9-3)32-58-38(48)10-4/h7-10H,1-4,11-34H2,5-6H3. The smallest absolute Gasteiger partial charge is 0.330 e. The van der Waals surface area contributed by atoms with E-state index in [-0.39, 0.29) is 52.5 Å². The van der Waals surface area contributed by atoms with Crippen molar-refractivity contribution in [1.29, 1.82) is 0 Å². The van der Waals surface area contributed by atoms with Crippen LogP contribution < -0.4 is 0 Å². The number of ether oxygens (including phenoxy) is 10. The van der Waals surface area contributed by atoms with E-state index in [0.29, 0.717) is 105 Å². The lowest BCUT2D eigenvalue weighted by Crippen LogP contribution is -2.39. The number of carbonyl (C=O) groups excluding carboxylic acids is 6. The Labute approximate surface area is 354 Å². The summed E-state index contributed by atoms with van der Waals surface area (Å²) in [7, 11) is 0. The Kier molecular flexibility index (Phi) is 28.9. The lowest BCUT2D eigenvalue weighted by molar-refractivity contribution is -0.161. The van der Waals surface area contributed by atoms with Crippen molar-refractivity contribution in [2.75, 3.05) is 132 Å². The number of rotatable bonds is 24. The van der Waals surface area contributed by atoms with Crippen molar-refractivity contribution in [3.05, 3.63) is 50.6 Å². The molecule has 0 aliphatic carbocycles. The molecule has 1 aliphatic rings. The number of esters is 6. The van der Waals surface area contributed by atoms with Gasteiger partial charge in [0.1, 0.15) is 39.6 Å². The number of nitrogens with zero attached hydrogens (tertiary/aromatic N) is 2. The van der Waals surface area contributed by atoms with Crippen LogP contribution in [0.3, 0.4) is 0 Å². The highest BCUT2D eigenvalue weighted by atomic mass is 16.6. The van der Waals surface area contributed by atoms with Crippen LogP contribution in [0.1, 0.15) is 39.5 Å².